The summed E-state index contributed by atoms with van der Waals surface area (Å²) in [5.74, 6) is -7.02. The highest BCUT2D eigenvalue weighted by Gasteiger charge is 2.20. The van der Waals surface area contributed by atoms with Crippen molar-refractivity contribution in [3.63, 3.8) is 0 Å². The second-order valence-corrected chi connectivity index (χ2v) is 8.58. The molecule has 4 atom stereocenters. The van der Waals surface area contributed by atoms with E-state index in [1.807, 2.05) is 0 Å². The van der Waals surface area contributed by atoms with Crippen molar-refractivity contribution in [2.24, 2.45) is 45.1 Å². The second kappa shape index (κ2) is 34.2. The van der Waals surface area contributed by atoms with E-state index in [9.17, 15) is 33.6 Å². The first-order valence-corrected chi connectivity index (χ1v) is 13.2. The molecule has 0 radical (unpaired) electrons. The fourth-order valence-electron chi connectivity index (χ4n) is 2.02. The summed E-state index contributed by atoms with van der Waals surface area (Å²) in [6, 6.07) is -3.27. The van der Waals surface area contributed by atoms with Crippen LogP contribution in [0.15, 0.2) is 4.99 Å². The molecule has 0 unspecified atom stereocenters. The normalized spacial score (nSPS) is 14.1. The lowest BCUT2D eigenvalue weighted by atomic mass is 10.2. The summed E-state index contributed by atoms with van der Waals surface area (Å²) in [6.07, 6.45) is 2.52. The highest BCUT2D eigenvalue weighted by Crippen LogP contribution is 2.03. The number of hydrogen-bond acceptors (Lipinski definition) is 15. The average molecular weight is 692 g/mol. The van der Waals surface area contributed by atoms with Gasteiger partial charge >= 0.3 is 41.8 Å². The zero-order valence-corrected chi connectivity index (χ0v) is 25.5. The van der Waals surface area contributed by atoms with Gasteiger partial charge in [-0.2, -0.15) is 0 Å². The predicted molar refractivity (Wildman–Crippen MR) is 163 cm³/mol. The van der Waals surface area contributed by atoms with E-state index in [2.05, 4.69) is 21.8 Å². The lowest BCUT2D eigenvalue weighted by molar-refractivity contribution is -0.141. The van der Waals surface area contributed by atoms with E-state index < -0.39 is 66.5 Å². The Bertz CT molecular complexity index is 931. The van der Waals surface area contributed by atoms with E-state index in [1.165, 1.54) is 0 Å². The molecule has 0 aromatic rings. The van der Waals surface area contributed by atoms with Crippen molar-refractivity contribution in [3.8, 4) is 0 Å². The number of rotatable bonds is 14. The van der Waals surface area contributed by atoms with Gasteiger partial charge in [0.05, 0.1) is 19.7 Å². The van der Waals surface area contributed by atoms with E-state index in [0.717, 1.165) is 19.4 Å². The van der Waals surface area contributed by atoms with Gasteiger partial charge in [-0.15, -0.1) is 0 Å². The molecular weight excluding hydrogens is 642 g/mol. The second-order valence-electron chi connectivity index (χ2n) is 8.58. The van der Waals surface area contributed by atoms with Crippen LogP contribution in [0.1, 0.15) is 38.5 Å². The maximum absolute atomic E-state index is 10.2. The van der Waals surface area contributed by atoms with Crippen LogP contribution in [0.5, 0.6) is 0 Å². The first kappa shape index (κ1) is 51.8. The molecule has 1 heterocycles. The number of aliphatic hydroxyl groups excluding tert-OH is 1. The Morgan fingerprint density at radius 3 is 1.32 bits per heavy atom. The van der Waals surface area contributed by atoms with Gasteiger partial charge in [0.15, 0.2) is 5.96 Å². The zero-order chi connectivity index (χ0) is 38.1. The molecule has 24 nitrogen and oxygen atoms in total. The van der Waals surface area contributed by atoms with Gasteiger partial charge in [0, 0.05) is 13.0 Å². The lowest BCUT2D eigenvalue weighted by Crippen LogP contribution is -2.33. The number of carbonyl (C=O) groups is 7. The fraction of sp³-hybridized carbons (Fsp3) is 0.652. The maximum Gasteiger partial charge on any atom is 0.322 e. The van der Waals surface area contributed by atoms with Crippen LogP contribution in [-0.4, -0.2) is 146 Å². The quantitative estimate of drug-likeness (QED) is 0.0457. The van der Waals surface area contributed by atoms with E-state index >= 15 is 0 Å². The van der Waals surface area contributed by atoms with E-state index in [1.54, 1.807) is 0 Å². The predicted octanol–water partition coefficient (Wildman–Crippen LogP) is -6.01. The van der Waals surface area contributed by atoms with Crippen molar-refractivity contribution in [1.82, 2.24) is 5.32 Å². The van der Waals surface area contributed by atoms with Crippen LogP contribution >= 0.6 is 0 Å². The molecule has 0 bridgehead atoms. The number of guanidine groups is 1. The Kier molecular flexibility index (Phi) is 37.7. The Balaban J connectivity index is -0.000000154. The van der Waals surface area contributed by atoms with E-state index in [-0.39, 0.29) is 37.9 Å². The number of aliphatic imine (C=N–C) groups is 1. The number of nitrogens with zero attached hydrogens (tertiary/aromatic N) is 1. The maximum atomic E-state index is 10.2. The van der Waals surface area contributed by atoms with Crippen LogP contribution in [0.3, 0.4) is 0 Å². The Morgan fingerprint density at radius 2 is 1.11 bits per heavy atom. The SMILES string of the molecule is NC(N)=NCCC[C@H](N)C(=O)O.NCC(=O)O.NCC(=O)O.N[C@@H](CCC(=O)O)C(=O)O.N[C@@H](CO)C(=O)O.O=C(O)[C@@H]1CCCN1. The monoisotopic (exact) mass is 691 g/mol. The molecule has 47 heavy (non-hydrogen) atoms. The number of carboxylic acid groups (broad SMARTS) is 7. The average Bonchev–Trinajstić information content (AvgIpc) is 3.54. The topological polar surface area (TPSA) is 488 Å². The number of carboxylic acids is 7. The molecule has 0 aromatic carbocycles. The summed E-state index contributed by atoms with van der Waals surface area (Å²) in [6.45, 7) is 0.218. The Labute approximate surface area is 268 Å². The number of hydrogen-bond donors (Lipinski definition) is 16. The Hall–Kier alpha value is -4.72. The third kappa shape index (κ3) is 48.4. The molecule has 0 aromatic heterocycles. The van der Waals surface area contributed by atoms with E-state index in [4.69, 9.17) is 69.5 Å². The van der Waals surface area contributed by atoms with Gasteiger partial charge in [-0.05, 0) is 38.6 Å². The number of aliphatic hydroxyl groups is 1. The van der Waals surface area contributed by atoms with Crippen molar-refractivity contribution >= 4 is 47.7 Å². The third-order valence-electron chi connectivity index (χ3n) is 4.49. The van der Waals surface area contributed by atoms with Crippen LogP contribution in [0, 0.1) is 0 Å². The van der Waals surface area contributed by atoms with Crippen molar-refractivity contribution in [2.75, 3.05) is 32.8 Å². The van der Waals surface area contributed by atoms with Crippen molar-refractivity contribution < 1.29 is 74.4 Å². The van der Waals surface area contributed by atoms with Gasteiger partial charge in [-0.25, -0.2) is 0 Å². The summed E-state index contributed by atoms with van der Waals surface area (Å²) in [5, 5.41) is 67.0. The van der Waals surface area contributed by atoms with Gasteiger partial charge in [0.1, 0.15) is 24.2 Å². The summed E-state index contributed by atoms with van der Waals surface area (Å²) >= 11 is 0. The number of nitrogens with one attached hydrogen (secondary N) is 1. The molecule has 1 fully saturated rings. The minimum absolute atomic E-state index is 0.0129. The van der Waals surface area contributed by atoms with Crippen molar-refractivity contribution in [2.45, 2.75) is 62.7 Å². The first-order valence-electron chi connectivity index (χ1n) is 13.2. The molecule has 0 aliphatic carbocycles. The molecule has 1 aliphatic heterocycles. The first-order chi connectivity index (χ1) is 21.6. The highest BCUT2D eigenvalue weighted by atomic mass is 16.4. The molecular formula is C23H49N9O15. The van der Waals surface area contributed by atoms with E-state index in [0.29, 0.717) is 19.4 Å². The summed E-state index contributed by atoms with van der Waals surface area (Å²) in [5.41, 5.74) is 34.2. The molecule has 1 aliphatic rings. The summed E-state index contributed by atoms with van der Waals surface area (Å²) < 4.78 is 0. The standard InChI is InChI=1S/C6H14N4O2.C5H9NO4.C5H9NO2.C3H7NO3.2C2H5NO2/c7-4(5(11)12)2-1-3-10-6(8)9;6-3(5(9)10)1-2-4(7)8;7-5(8)4-2-1-3-6-4;4-2(1-5)3(6)7;2*3-1-2(4)5/h4H,1-3,7H2,(H,11,12)(H4,8,9,10);3H,1-2,6H2,(H,7,8)(H,9,10);4,6H,1-3H2,(H,7,8);2,5H,1,4H2,(H,6,7);2*1,3H2,(H,4,5)/t4-;3-;4-;2-;;/m0000../s1. The van der Waals surface area contributed by atoms with Gasteiger partial charge in [-0.1, -0.05) is 0 Å². The third-order valence-corrected chi connectivity index (χ3v) is 4.49. The fourth-order valence-corrected chi connectivity index (χ4v) is 2.02. The van der Waals surface area contributed by atoms with Crippen molar-refractivity contribution in [3.05, 3.63) is 0 Å². The van der Waals surface area contributed by atoms with Crippen LogP contribution in [0.25, 0.3) is 0 Å². The largest absolute Gasteiger partial charge is 0.481 e. The molecule has 276 valence electrons. The minimum Gasteiger partial charge on any atom is -0.481 e. The van der Waals surface area contributed by atoms with Gasteiger partial charge in [-0.3, -0.25) is 38.6 Å². The number of aliphatic carboxylic acids is 7. The van der Waals surface area contributed by atoms with Gasteiger partial charge < -0.3 is 86.3 Å². The van der Waals surface area contributed by atoms with Crippen LogP contribution in [0.4, 0.5) is 0 Å². The molecule has 0 amide bonds. The molecule has 0 spiro atoms. The van der Waals surface area contributed by atoms with Gasteiger partial charge in [0.2, 0.25) is 0 Å². The van der Waals surface area contributed by atoms with Gasteiger partial charge in [0.25, 0.3) is 0 Å². The molecule has 0 saturated carbocycles. The molecule has 1 rings (SSSR count). The lowest BCUT2D eigenvalue weighted by Gasteiger charge is -2.03. The van der Waals surface area contributed by atoms with Crippen LogP contribution < -0.4 is 45.5 Å². The number of nitrogens with two attached hydrogens (primary N) is 7. The smallest absolute Gasteiger partial charge is 0.322 e. The summed E-state index contributed by atoms with van der Waals surface area (Å²) in [4.78, 5) is 72.0. The minimum atomic E-state index is -1.18. The molecule has 1 saturated heterocycles. The van der Waals surface area contributed by atoms with Crippen LogP contribution in [-0.2, 0) is 33.6 Å². The molecule has 24 heteroatoms. The Morgan fingerprint density at radius 1 is 0.702 bits per heavy atom. The highest BCUT2D eigenvalue weighted by molar-refractivity contribution is 5.76. The zero-order valence-electron chi connectivity index (χ0n) is 25.5. The molecule has 23 N–H and O–H groups in total. The van der Waals surface area contributed by atoms with Crippen LogP contribution in [0.2, 0.25) is 0 Å². The summed E-state index contributed by atoms with van der Waals surface area (Å²) in [7, 11) is 0. The van der Waals surface area contributed by atoms with Crippen molar-refractivity contribution in [1.29, 1.82) is 0 Å².